The van der Waals surface area contributed by atoms with Gasteiger partial charge in [-0.3, -0.25) is 19.2 Å². The molecule has 0 aliphatic heterocycles. The second-order valence-corrected chi connectivity index (χ2v) is 35.0. The topological polar surface area (TPSA) is 136 Å². The van der Waals surface area contributed by atoms with Crippen LogP contribution in [-0.2, 0) is 32.7 Å². The van der Waals surface area contributed by atoms with Crippen LogP contribution in [0.5, 0.6) is 0 Å². The maximum atomic E-state index is 13.4. The van der Waals surface area contributed by atoms with Crippen LogP contribution < -0.4 is 0 Å². The van der Waals surface area contributed by atoms with Gasteiger partial charge in [0.15, 0.2) is 5.78 Å². The summed E-state index contributed by atoms with van der Waals surface area (Å²) in [7, 11) is 6.22. The van der Waals surface area contributed by atoms with Crippen molar-refractivity contribution >= 4 is 52.1 Å². The molecule has 0 saturated heterocycles. The Hall–Kier alpha value is -1.49. The third-order valence-corrected chi connectivity index (χ3v) is 30.8. The fourth-order valence-corrected chi connectivity index (χ4v) is 25.3. The molecule has 0 spiro atoms. The highest BCUT2D eigenvalue weighted by Crippen LogP contribution is 2.71. The molecule has 12 aliphatic carbocycles. The number of aliphatic hydroxyl groups excluding tert-OH is 2. The lowest BCUT2D eigenvalue weighted by atomic mass is 9.46. The standard InChI is InChI=1S/2C25H41O3P.C25H39O3P/c3*1-15-9-11-24(3)17(13-15)14-21(26)23-19-7-6-18(16(2)5-8-22(27)28-29)25(19,4)12-10-20(23)24/h2*14-16,18-21,23,26H,5-13,29H2,1-4H3;14-16,18-20,23H,5-13,29H2,1-4H3/t15-,16-,18-,19?,20?,21+,23?,24+,25-;15-,16-,18-,19?,20?,21-,23?,24+,25-;15-,16-,18-,19?,20?,23?,24+,25-/m111/s1. The van der Waals surface area contributed by atoms with Crippen LogP contribution in [0.3, 0.4) is 0 Å². The highest BCUT2D eigenvalue weighted by atomic mass is 31.0. The normalized spacial score (nSPS) is 46.6. The van der Waals surface area contributed by atoms with E-state index >= 15 is 0 Å². The van der Waals surface area contributed by atoms with Gasteiger partial charge in [0.1, 0.15) is 0 Å². The van der Waals surface area contributed by atoms with Gasteiger partial charge >= 0.3 is 17.9 Å². The lowest BCUT2D eigenvalue weighted by Crippen LogP contribution is -2.54. The molecule has 0 amide bonds. The number of carbonyl (C=O) groups is 4. The van der Waals surface area contributed by atoms with Crippen molar-refractivity contribution in [2.24, 2.45) is 139 Å². The van der Waals surface area contributed by atoms with Crippen LogP contribution in [0.2, 0.25) is 0 Å². The second kappa shape index (κ2) is 26.7. The van der Waals surface area contributed by atoms with Crippen LogP contribution in [0.25, 0.3) is 0 Å². The molecule has 87 heavy (non-hydrogen) atoms. The monoisotopic (exact) mass is 1260 g/mol. The number of hydrogen-bond acceptors (Lipinski definition) is 9. The highest BCUT2D eigenvalue weighted by Gasteiger charge is 2.65. The maximum Gasteiger partial charge on any atom is 0.307 e. The first-order chi connectivity index (χ1) is 41.1. The summed E-state index contributed by atoms with van der Waals surface area (Å²) in [4.78, 5) is 48.3. The quantitative estimate of drug-likeness (QED) is 0.145. The van der Waals surface area contributed by atoms with Gasteiger partial charge in [-0.2, -0.15) is 0 Å². The van der Waals surface area contributed by atoms with Crippen molar-refractivity contribution in [3.63, 3.8) is 0 Å². The van der Waals surface area contributed by atoms with E-state index in [0.717, 1.165) is 43.4 Å². The number of allylic oxidation sites excluding steroid dienone is 4. The summed E-state index contributed by atoms with van der Waals surface area (Å²) in [5.74, 6) is 10.4. The van der Waals surface area contributed by atoms with E-state index in [9.17, 15) is 29.4 Å². The van der Waals surface area contributed by atoms with Crippen molar-refractivity contribution in [2.45, 2.75) is 269 Å². The first-order valence-corrected chi connectivity index (χ1v) is 37.2. The molecule has 9 nitrogen and oxygen atoms in total. The van der Waals surface area contributed by atoms with Crippen LogP contribution in [-0.4, -0.2) is 46.1 Å². The van der Waals surface area contributed by atoms with Gasteiger partial charge in [-0.1, -0.05) is 112 Å². The van der Waals surface area contributed by atoms with E-state index in [1.807, 2.05) is 0 Å². The molecular formula is C75H121O9P3. The molecule has 12 rings (SSSR count). The van der Waals surface area contributed by atoms with Gasteiger partial charge in [0.05, 0.1) is 40.6 Å². The minimum atomic E-state index is -0.265. The largest absolute Gasteiger partial charge is 0.452 e. The Labute approximate surface area is 534 Å². The van der Waals surface area contributed by atoms with E-state index in [1.54, 1.807) is 11.1 Å². The Morgan fingerprint density at radius 3 is 1.15 bits per heavy atom. The first-order valence-electron chi connectivity index (χ1n) is 35.8. The number of fused-ring (bicyclic) bond motifs is 15. The minimum Gasteiger partial charge on any atom is -0.452 e. The van der Waals surface area contributed by atoms with Crippen molar-refractivity contribution in [3.8, 4) is 0 Å². The molecule has 12 unspecified atom stereocenters. The highest BCUT2D eigenvalue weighted by molar-refractivity contribution is 7.11. The Bertz CT molecular complexity index is 2500. The van der Waals surface area contributed by atoms with Gasteiger partial charge in [0.25, 0.3) is 0 Å². The molecule has 490 valence electrons. The van der Waals surface area contributed by atoms with Crippen LogP contribution in [0.15, 0.2) is 34.9 Å². The molecule has 2 N–H and O–H groups in total. The molecule has 0 aromatic rings. The molecule has 0 heterocycles. The summed E-state index contributed by atoms with van der Waals surface area (Å²) in [5.41, 5.74) is 6.30. The predicted molar refractivity (Wildman–Crippen MR) is 359 cm³/mol. The smallest absolute Gasteiger partial charge is 0.307 e. The van der Waals surface area contributed by atoms with Crippen molar-refractivity contribution in [2.75, 3.05) is 0 Å². The SMILES string of the molecule is C[C@@H]1CC[C@@]2(C)C(=CC(=O)C3C2CC[C@@]2(C)C3CC[C@@H]2[C@H](C)CCC(=O)OP)C1.C[C@@H]1CC[C@@]2(C)C(=C[C@@H](O)C3C2CC[C@@]2(C)C3CC[C@@H]2[C@H](C)CCC(=O)OP)C1.C[C@@H]1CC[C@@]2(C)C(=C[C@H](O)C3C2CC[C@@]2(C)C3CC[C@@H]2[C@H](C)CCC(=O)OP)C1. The van der Waals surface area contributed by atoms with Crippen molar-refractivity contribution in [3.05, 3.63) is 34.9 Å². The van der Waals surface area contributed by atoms with Crippen molar-refractivity contribution < 1.29 is 43.0 Å². The van der Waals surface area contributed by atoms with Crippen molar-refractivity contribution in [1.82, 2.24) is 0 Å². The van der Waals surface area contributed by atoms with Crippen molar-refractivity contribution in [1.29, 1.82) is 0 Å². The molecule has 12 aliphatic rings. The van der Waals surface area contributed by atoms with E-state index < -0.39 is 0 Å². The van der Waals surface area contributed by atoms with Gasteiger partial charge in [-0.15, -0.1) is 0 Å². The number of hydrogen-bond donors (Lipinski definition) is 2. The summed E-state index contributed by atoms with van der Waals surface area (Å²) in [5, 5.41) is 22.6. The molecule has 29 atom stereocenters. The number of ketones is 1. The summed E-state index contributed by atoms with van der Waals surface area (Å²) in [6.45, 7) is 29.0. The third kappa shape index (κ3) is 12.5. The van der Waals surface area contributed by atoms with E-state index in [2.05, 4.69) is 130 Å². The van der Waals surface area contributed by atoms with E-state index in [4.69, 9.17) is 13.6 Å². The lowest BCUT2D eigenvalue weighted by Gasteiger charge is -2.59. The van der Waals surface area contributed by atoms with E-state index in [0.29, 0.717) is 130 Å². The zero-order valence-corrected chi connectivity index (χ0v) is 59.8. The average molecular weight is 1260 g/mol. The van der Waals surface area contributed by atoms with Gasteiger partial charge in [0.2, 0.25) is 0 Å². The number of aliphatic hydroxyl groups is 2. The molecule has 0 radical (unpaired) electrons. The predicted octanol–water partition coefficient (Wildman–Crippen LogP) is 18.0. The first kappa shape index (κ1) is 68.4. The maximum absolute atomic E-state index is 13.4. The van der Waals surface area contributed by atoms with Crippen LogP contribution in [0.4, 0.5) is 0 Å². The van der Waals surface area contributed by atoms with Gasteiger partial charge in [-0.05, 0) is 293 Å². The van der Waals surface area contributed by atoms with Crippen LogP contribution >= 0.6 is 28.4 Å². The summed E-state index contributed by atoms with van der Waals surface area (Å²) < 4.78 is 14.3. The molecule has 9 fully saturated rings. The Balaban J connectivity index is 0.000000144. The summed E-state index contributed by atoms with van der Waals surface area (Å²) >= 11 is 0. The van der Waals surface area contributed by atoms with Gasteiger partial charge < -0.3 is 23.8 Å². The van der Waals surface area contributed by atoms with Gasteiger partial charge in [-0.25, -0.2) is 0 Å². The van der Waals surface area contributed by atoms with E-state index in [-0.39, 0.29) is 46.9 Å². The second-order valence-electron chi connectivity index (χ2n) is 34.3. The molecule has 0 aromatic heterocycles. The summed E-state index contributed by atoms with van der Waals surface area (Å²) in [6, 6.07) is 0. The van der Waals surface area contributed by atoms with E-state index in [1.165, 1.54) is 134 Å². The minimum absolute atomic E-state index is 0.120. The number of carbonyl (C=O) groups excluding carboxylic acids is 4. The van der Waals surface area contributed by atoms with Crippen LogP contribution in [0, 0.1) is 139 Å². The average Bonchev–Trinajstić information content (AvgIpc) is 1.73. The lowest BCUT2D eigenvalue weighted by molar-refractivity contribution is -0.135. The summed E-state index contributed by atoms with van der Waals surface area (Å²) in [6.07, 6.45) is 36.6. The molecule has 0 aromatic carbocycles. The Kier molecular flexibility index (Phi) is 21.0. The Morgan fingerprint density at radius 2 is 0.782 bits per heavy atom. The van der Waals surface area contributed by atoms with Gasteiger partial charge in [0, 0.05) is 25.2 Å². The molecule has 9 saturated carbocycles. The Morgan fingerprint density at radius 1 is 0.460 bits per heavy atom. The third-order valence-electron chi connectivity index (χ3n) is 30.0. The fourth-order valence-electron chi connectivity index (χ4n) is 25.0. The molecular weight excluding hydrogens is 1140 g/mol. The fraction of sp³-hybridized carbons (Fsp3) is 0.867. The number of rotatable bonds is 12. The zero-order valence-electron chi connectivity index (χ0n) is 56.4. The van der Waals surface area contributed by atoms with Crippen LogP contribution in [0.1, 0.15) is 256 Å². The zero-order chi connectivity index (χ0) is 62.9. The molecule has 12 heteroatoms. The molecule has 0 bridgehead atoms.